The van der Waals surface area contributed by atoms with Crippen LogP contribution in [0.2, 0.25) is 0 Å². The summed E-state index contributed by atoms with van der Waals surface area (Å²) < 4.78 is 9.68. The topological polar surface area (TPSA) is 149 Å². The number of esters is 2. The second kappa shape index (κ2) is 21.0. The van der Waals surface area contributed by atoms with Crippen LogP contribution in [0.25, 0.3) is 0 Å². The van der Waals surface area contributed by atoms with Crippen molar-refractivity contribution >= 4 is 23.9 Å². The van der Waals surface area contributed by atoms with Gasteiger partial charge in [-0.25, -0.2) is 14.4 Å². The summed E-state index contributed by atoms with van der Waals surface area (Å²) in [6, 6.07) is -3.11. The molecule has 5 N–H and O–H groups in total. The highest BCUT2D eigenvalue weighted by molar-refractivity contribution is 5.91. The van der Waals surface area contributed by atoms with Crippen molar-refractivity contribution in [2.45, 2.75) is 115 Å². The molecule has 0 aromatic rings. The fourth-order valence-electron chi connectivity index (χ4n) is 3.72. The van der Waals surface area contributed by atoms with Crippen LogP contribution in [-0.2, 0) is 23.9 Å². The third kappa shape index (κ3) is 15.3. The van der Waals surface area contributed by atoms with E-state index in [2.05, 4.69) is 29.8 Å². The summed E-state index contributed by atoms with van der Waals surface area (Å²) in [7, 11) is 2.56. The fourth-order valence-corrected chi connectivity index (χ4v) is 3.72. The lowest BCUT2D eigenvalue weighted by Gasteiger charge is -2.24. The Hall–Kier alpha value is -2.36. The normalized spacial score (nSPS) is 13.3. The highest BCUT2D eigenvalue weighted by Gasteiger charge is 2.28. The van der Waals surface area contributed by atoms with E-state index in [-0.39, 0.29) is 0 Å². The van der Waals surface area contributed by atoms with E-state index in [0.29, 0.717) is 38.6 Å². The van der Waals surface area contributed by atoms with Gasteiger partial charge in [-0.3, -0.25) is 4.79 Å². The van der Waals surface area contributed by atoms with E-state index in [4.69, 9.17) is 15.2 Å². The van der Waals surface area contributed by atoms with Crippen LogP contribution in [0.1, 0.15) is 97.3 Å². The number of ether oxygens (including phenoxy) is 2. The van der Waals surface area contributed by atoms with Crippen molar-refractivity contribution in [2.75, 3.05) is 20.8 Å². The van der Waals surface area contributed by atoms with Crippen molar-refractivity contribution in [3.05, 3.63) is 0 Å². The van der Waals surface area contributed by atoms with Crippen LogP contribution in [0.4, 0.5) is 4.79 Å². The summed E-state index contributed by atoms with van der Waals surface area (Å²) in [5, 5.41) is 8.03. The number of carbonyl (C=O) groups is 4. The number of methoxy groups -OCH3 is 2. The molecule has 35 heavy (non-hydrogen) atoms. The molecule has 0 unspecified atom stereocenters. The number of nitrogens with two attached hydrogens (primary N) is 1. The highest BCUT2D eigenvalue weighted by Crippen LogP contribution is 2.10. The van der Waals surface area contributed by atoms with Crippen LogP contribution in [0.3, 0.4) is 0 Å². The first-order chi connectivity index (χ1) is 16.8. The molecule has 204 valence electrons. The van der Waals surface area contributed by atoms with Crippen LogP contribution in [0.5, 0.6) is 0 Å². The molecule has 0 heterocycles. The third-order valence-corrected chi connectivity index (χ3v) is 5.85. The van der Waals surface area contributed by atoms with Gasteiger partial charge in [-0.1, -0.05) is 65.2 Å². The molecule has 0 spiro atoms. The number of amides is 3. The molecule has 0 rings (SSSR count). The summed E-state index contributed by atoms with van der Waals surface area (Å²) >= 11 is 0. The first-order valence-corrected chi connectivity index (χ1v) is 13.1. The molecule has 0 aromatic heterocycles. The molecule has 3 atom stereocenters. The molecule has 0 saturated heterocycles. The van der Waals surface area contributed by atoms with Crippen LogP contribution >= 0.6 is 0 Å². The number of nitrogens with one attached hydrogen (secondary N) is 3. The van der Waals surface area contributed by atoms with Gasteiger partial charge in [0, 0.05) is 0 Å². The predicted octanol–water partition coefficient (Wildman–Crippen LogP) is 2.92. The summed E-state index contributed by atoms with van der Waals surface area (Å²) in [5.41, 5.74) is 5.58. The number of hydrogen-bond acceptors (Lipinski definition) is 7. The predicted molar refractivity (Wildman–Crippen MR) is 136 cm³/mol. The Morgan fingerprint density at radius 1 is 0.629 bits per heavy atom. The average Bonchev–Trinajstić information content (AvgIpc) is 2.85. The lowest BCUT2D eigenvalue weighted by molar-refractivity contribution is -0.145. The first-order valence-electron chi connectivity index (χ1n) is 13.1. The Morgan fingerprint density at radius 2 is 1.06 bits per heavy atom. The zero-order chi connectivity index (χ0) is 26.5. The maximum absolute atomic E-state index is 13.0. The lowest BCUT2D eigenvalue weighted by atomic mass is 10.0. The molecule has 0 radical (unpaired) electrons. The van der Waals surface area contributed by atoms with Gasteiger partial charge in [0.05, 0.1) is 14.2 Å². The summed E-state index contributed by atoms with van der Waals surface area (Å²) in [6.45, 7) is 4.65. The second-order valence-corrected chi connectivity index (χ2v) is 8.81. The second-order valence-electron chi connectivity index (χ2n) is 8.81. The zero-order valence-corrected chi connectivity index (χ0v) is 22.2. The van der Waals surface area contributed by atoms with Gasteiger partial charge < -0.3 is 31.2 Å². The third-order valence-electron chi connectivity index (χ3n) is 5.85. The van der Waals surface area contributed by atoms with E-state index in [1.165, 1.54) is 14.2 Å². The molecule has 0 aliphatic rings. The Labute approximate surface area is 210 Å². The smallest absolute Gasteiger partial charge is 0.328 e. The Bertz CT molecular complexity index is 617. The standard InChI is InChI=1S/C25H48N4O6/c1-5-7-9-11-16-20(23(31)34-3)27-22(30)19(15-13-14-18-26)28-25(33)29-21(24(32)35-4)17-12-10-8-6-2/h19-21H,5-18,26H2,1-4H3,(H,27,30)(H2,28,29,33)/t19-,20-,21-/m0/s1. The van der Waals surface area contributed by atoms with E-state index >= 15 is 0 Å². The van der Waals surface area contributed by atoms with Crippen LogP contribution in [0.15, 0.2) is 0 Å². The van der Waals surface area contributed by atoms with E-state index in [1.807, 2.05) is 0 Å². The Kier molecular flexibility index (Phi) is 19.6. The average molecular weight is 501 g/mol. The molecule has 10 nitrogen and oxygen atoms in total. The molecular weight excluding hydrogens is 452 g/mol. The zero-order valence-electron chi connectivity index (χ0n) is 22.2. The van der Waals surface area contributed by atoms with Crippen LogP contribution in [0, 0.1) is 0 Å². The maximum Gasteiger partial charge on any atom is 0.328 e. The van der Waals surface area contributed by atoms with Gasteiger partial charge >= 0.3 is 18.0 Å². The minimum atomic E-state index is -0.886. The molecule has 0 fully saturated rings. The Balaban J connectivity index is 5.20. The number of urea groups is 1. The summed E-state index contributed by atoms with van der Waals surface area (Å²) in [6.07, 6.45) is 10.2. The van der Waals surface area contributed by atoms with Gasteiger partial charge in [-0.05, 0) is 38.6 Å². The molecule has 0 saturated carbocycles. The van der Waals surface area contributed by atoms with Crippen molar-refractivity contribution < 1.29 is 28.7 Å². The number of rotatable bonds is 20. The summed E-state index contributed by atoms with van der Waals surface area (Å²) in [5.74, 6) is -1.52. The molecule has 10 heteroatoms. The first kappa shape index (κ1) is 32.6. The molecule has 0 aliphatic carbocycles. The van der Waals surface area contributed by atoms with E-state index in [1.54, 1.807) is 0 Å². The molecule has 0 aliphatic heterocycles. The lowest BCUT2D eigenvalue weighted by Crippen LogP contribution is -2.55. The minimum absolute atomic E-state index is 0.347. The SMILES string of the molecule is CCCCCC[C@H](NC(=O)N[C@@H](CCCCN)C(=O)N[C@@H](CCCCCC)C(=O)OC)C(=O)OC. The van der Waals surface area contributed by atoms with Crippen molar-refractivity contribution in [2.24, 2.45) is 5.73 Å². The highest BCUT2D eigenvalue weighted by atomic mass is 16.5. The van der Waals surface area contributed by atoms with Gasteiger partial charge in [0.15, 0.2) is 0 Å². The van der Waals surface area contributed by atoms with Crippen molar-refractivity contribution in [3.8, 4) is 0 Å². The van der Waals surface area contributed by atoms with Crippen molar-refractivity contribution in [1.82, 2.24) is 16.0 Å². The molecule has 0 aromatic carbocycles. The van der Waals surface area contributed by atoms with Crippen LogP contribution < -0.4 is 21.7 Å². The number of unbranched alkanes of at least 4 members (excludes halogenated alkanes) is 7. The monoisotopic (exact) mass is 500 g/mol. The summed E-state index contributed by atoms with van der Waals surface area (Å²) in [4.78, 5) is 50.1. The maximum atomic E-state index is 13.0. The molecular formula is C25H48N4O6. The number of hydrogen-bond donors (Lipinski definition) is 4. The van der Waals surface area contributed by atoms with E-state index in [9.17, 15) is 19.2 Å². The van der Waals surface area contributed by atoms with Crippen molar-refractivity contribution in [3.63, 3.8) is 0 Å². The fraction of sp³-hybridized carbons (Fsp3) is 0.840. The Morgan fingerprint density at radius 3 is 1.51 bits per heavy atom. The van der Waals surface area contributed by atoms with Gasteiger partial charge in [0.25, 0.3) is 0 Å². The van der Waals surface area contributed by atoms with Crippen molar-refractivity contribution in [1.29, 1.82) is 0 Å². The van der Waals surface area contributed by atoms with E-state index in [0.717, 1.165) is 51.4 Å². The van der Waals surface area contributed by atoms with Gasteiger partial charge in [-0.2, -0.15) is 0 Å². The molecule has 3 amide bonds. The quantitative estimate of drug-likeness (QED) is 0.148. The largest absolute Gasteiger partial charge is 0.467 e. The van der Waals surface area contributed by atoms with E-state index < -0.39 is 42.0 Å². The number of carbonyl (C=O) groups excluding carboxylic acids is 4. The minimum Gasteiger partial charge on any atom is -0.467 e. The van der Waals surface area contributed by atoms with Gasteiger partial charge in [0.2, 0.25) is 5.91 Å². The molecule has 0 bridgehead atoms. The van der Waals surface area contributed by atoms with Crippen LogP contribution in [-0.4, -0.2) is 62.8 Å². The van der Waals surface area contributed by atoms with Gasteiger partial charge in [0.1, 0.15) is 18.1 Å². The van der Waals surface area contributed by atoms with Gasteiger partial charge in [-0.15, -0.1) is 0 Å².